The van der Waals surface area contributed by atoms with Crippen molar-refractivity contribution in [2.24, 2.45) is 0 Å². The molecule has 3 heteroatoms. The van der Waals surface area contributed by atoms with Crippen molar-refractivity contribution in [3.63, 3.8) is 0 Å². The lowest BCUT2D eigenvalue weighted by Crippen LogP contribution is -1.93. The molecule has 0 spiro atoms. The van der Waals surface area contributed by atoms with Gasteiger partial charge in [-0.05, 0) is 32.6 Å². The quantitative estimate of drug-likeness (QED) is 0.394. The molecule has 0 saturated carbocycles. The molecular formula is C17H28O3. The predicted molar refractivity (Wildman–Crippen MR) is 82.8 cm³/mol. The third-order valence-electron chi connectivity index (χ3n) is 3.10. The highest BCUT2D eigenvalue weighted by molar-refractivity contribution is 5.79. The summed E-state index contributed by atoms with van der Waals surface area (Å²) >= 11 is 0. The summed E-state index contributed by atoms with van der Waals surface area (Å²) in [4.78, 5) is 21.7. The van der Waals surface area contributed by atoms with Crippen LogP contribution in [0.25, 0.3) is 0 Å². The van der Waals surface area contributed by atoms with Crippen LogP contribution in [0.4, 0.5) is 0 Å². The molecule has 0 saturated heterocycles. The molecule has 0 atom stereocenters. The number of aliphatic carboxylic acids is 1. The molecule has 0 aliphatic heterocycles. The molecule has 114 valence electrons. The summed E-state index contributed by atoms with van der Waals surface area (Å²) in [5, 5.41) is 8.49. The van der Waals surface area contributed by atoms with E-state index in [1.807, 2.05) is 19.1 Å². The van der Waals surface area contributed by atoms with Gasteiger partial charge in [0.2, 0.25) is 0 Å². The van der Waals surface area contributed by atoms with Gasteiger partial charge in [0.25, 0.3) is 0 Å². The number of allylic oxidation sites excluding steroid dienone is 4. The van der Waals surface area contributed by atoms with Crippen LogP contribution >= 0.6 is 0 Å². The molecule has 20 heavy (non-hydrogen) atoms. The van der Waals surface area contributed by atoms with Gasteiger partial charge in [0.15, 0.2) is 0 Å². The topological polar surface area (TPSA) is 54.4 Å². The summed E-state index contributed by atoms with van der Waals surface area (Å²) in [6.07, 6.45) is 16.7. The average molecular weight is 280 g/mol. The van der Waals surface area contributed by atoms with Crippen LogP contribution in [0, 0.1) is 0 Å². The molecule has 0 heterocycles. The molecule has 0 fully saturated rings. The number of carbonyl (C=O) groups is 2. The number of Topliss-reactive ketones (excluding diaryl/α,β-unsaturated/α-hetero) is 1. The molecule has 0 amide bonds. The van der Waals surface area contributed by atoms with Gasteiger partial charge in [-0.1, -0.05) is 43.6 Å². The highest BCUT2D eigenvalue weighted by Gasteiger charge is 1.97. The molecule has 0 aliphatic rings. The van der Waals surface area contributed by atoms with Crippen molar-refractivity contribution >= 4 is 11.8 Å². The van der Waals surface area contributed by atoms with Gasteiger partial charge in [-0.25, -0.2) is 0 Å². The minimum absolute atomic E-state index is 0.293. The molecule has 0 unspecified atom stereocenters. The van der Waals surface area contributed by atoms with Crippen LogP contribution in [-0.2, 0) is 9.59 Å². The Morgan fingerprint density at radius 2 is 1.50 bits per heavy atom. The van der Waals surface area contributed by atoms with E-state index in [2.05, 4.69) is 12.2 Å². The summed E-state index contributed by atoms with van der Waals surface area (Å²) in [5.41, 5.74) is 0. The summed E-state index contributed by atoms with van der Waals surface area (Å²) in [7, 11) is 0. The van der Waals surface area contributed by atoms with Crippen molar-refractivity contribution in [1.82, 2.24) is 0 Å². The van der Waals surface area contributed by atoms with Gasteiger partial charge in [-0.3, -0.25) is 9.59 Å². The van der Waals surface area contributed by atoms with Crippen molar-refractivity contribution in [1.29, 1.82) is 0 Å². The second-order valence-corrected chi connectivity index (χ2v) is 5.02. The zero-order valence-corrected chi connectivity index (χ0v) is 12.6. The summed E-state index contributed by atoms with van der Waals surface area (Å²) < 4.78 is 0. The predicted octanol–water partition coefficient (Wildman–Crippen LogP) is 4.67. The van der Waals surface area contributed by atoms with Crippen LogP contribution in [0.15, 0.2) is 24.3 Å². The van der Waals surface area contributed by atoms with Gasteiger partial charge >= 0.3 is 5.97 Å². The van der Waals surface area contributed by atoms with Crippen LogP contribution in [0.3, 0.4) is 0 Å². The maximum absolute atomic E-state index is 11.4. The highest BCUT2D eigenvalue weighted by Crippen LogP contribution is 2.08. The number of hydrogen-bond acceptors (Lipinski definition) is 2. The smallest absolute Gasteiger partial charge is 0.303 e. The monoisotopic (exact) mass is 280 g/mol. The Morgan fingerprint density at radius 3 is 2.20 bits per heavy atom. The number of unbranched alkanes of at least 4 members (excludes halogenated alkanes) is 5. The molecule has 1 N–H and O–H groups in total. The first kappa shape index (κ1) is 18.6. The summed E-state index contributed by atoms with van der Waals surface area (Å²) in [6.45, 7) is 1.93. The van der Waals surface area contributed by atoms with Gasteiger partial charge in [0.1, 0.15) is 5.78 Å². The zero-order valence-electron chi connectivity index (χ0n) is 12.6. The Labute approximate surface area is 122 Å². The number of carboxylic acid groups (broad SMARTS) is 1. The third-order valence-corrected chi connectivity index (χ3v) is 3.10. The Balaban J connectivity index is 3.27. The number of carbonyl (C=O) groups excluding carboxylic acids is 1. The molecule has 0 aliphatic carbocycles. The minimum Gasteiger partial charge on any atom is -0.481 e. The van der Waals surface area contributed by atoms with E-state index in [0.29, 0.717) is 25.0 Å². The minimum atomic E-state index is -0.697. The largest absolute Gasteiger partial charge is 0.481 e. The van der Waals surface area contributed by atoms with Gasteiger partial charge < -0.3 is 5.11 Å². The number of ketones is 1. The first-order valence-electron chi connectivity index (χ1n) is 7.66. The summed E-state index contributed by atoms with van der Waals surface area (Å²) in [6, 6.07) is 0. The Hall–Kier alpha value is -1.38. The van der Waals surface area contributed by atoms with Crippen molar-refractivity contribution in [2.45, 2.75) is 71.1 Å². The Morgan fingerprint density at radius 1 is 0.850 bits per heavy atom. The maximum atomic E-state index is 11.4. The van der Waals surface area contributed by atoms with E-state index >= 15 is 0 Å². The average Bonchev–Trinajstić information content (AvgIpc) is 2.42. The molecule has 0 aromatic carbocycles. The van der Waals surface area contributed by atoms with Crippen LogP contribution in [0.1, 0.15) is 71.1 Å². The van der Waals surface area contributed by atoms with Crippen molar-refractivity contribution in [2.75, 3.05) is 0 Å². The van der Waals surface area contributed by atoms with Gasteiger partial charge in [-0.2, -0.15) is 0 Å². The summed E-state index contributed by atoms with van der Waals surface area (Å²) in [5.74, 6) is -0.400. The molecular weight excluding hydrogens is 252 g/mol. The lowest BCUT2D eigenvalue weighted by Gasteiger charge is -1.98. The Kier molecular flexibility index (Phi) is 13.1. The molecule has 0 bridgehead atoms. The normalized spacial score (nSPS) is 11.4. The zero-order chi connectivity index (χ0) is 15.1. The Bertz CT molecular complexity index is 316. The van der Waals surface area contributed by atoms with E-state index in [9.17, 15) is 9.59 Å². The van der Waals surface area contributed by atoms with Crippen LogP contribution in [0.2, 0.25) is 0 Å². The van der Waals surface area contributed by atoms with Crippen LogP contribution in [-0.4, -0.2) is 16.9 Å². The van der Waals surface area contributed by atoms with E-state index in [1.54, 1.807) is 0 Å². The van der Waals surface area contributed by atoms with Gasteiger partial charge in [-0.15, -0.1) is 0 Å². The third kappa shape index (κ3) is 14.7. The van der Waals surface area contributed by atoms with Crippen LogP contribution < -0.4 is 0 Å². The molecule has 0 aromatic rings. The SMILES string of the molecule is C/C=C/CC(=O)CC/C=C/CCCCCCCC(=O)O. The molecule has 0 aromatic heterocycles. The fourth-order valence-corrected chi connectivity index (χ4v) is 1.90. The van der Waals surface area contributed by atoms with Gasteiger partial charge in [0, 0.05) is 19.3 Å². The van der Waals surface area contributed by atoms with Gasteiger partial charge in [0.05, 0.1) is 0 Å². The first-order valence-corrected chi connectivity index (χ1v) is 7.66. The fourth-order valence-electron chi connectivity index (χ4n) is 1.90. The fraction of sp³-hybridized carbons (Fsp3) is 0.647. The lowest BCUT2D eigenvalue weighted by molar-refractivity contribution is -0.137. The number of carboxylic acids is 1. The highest BCUT2D eigenvalue weighted by atomic mass is 16.4. The second kappa shape index (κ2) is 14.0. The molecule has 0 rings (SSSR count). The molecule has 0 radical (unpaired) electrons. The van der Waals surface area contributed by atoms with Crippen molar-refractivity contribution in [3.8, 4) is 0 Å². The van der Waals surface area contributed by atoms with E-state index in [1.165, 1.54) is 0 Å². The van der Waals surface area contributed by atoms with E-state index in [4.69, 9.17) is 5.11 Å². The van der Waals surface area contributed by atoms with E-state index in [-0.39, 0.29) is 0 Å². The standard InChI is InChI=1S/C17H28O3/c1-2-3-13-16(18)14-11-9-7-5-4-6-8-10-12-15-17(19)20/h2-3,7,9H,4-6,8,10-15H2,1H3,(H,19,20)/b3-2+,9-7+. The molecule has 3 nitrogen and oxygen atoms in total. The van der Waals surface area contributed by atoms with E-state index in [0.717, 1.165) is 44.9 Å². The van der Waals surface area contributed by atoms with E-state index < -0.39 is 5.97 Å². The second-order valence-electron chi connectivity index (χ2n) is 5.02. The van der Waals surface area contributed by atoms with Crippen molar-refractivity contribution in [3.05, 3.63) is 24.3 Å². The lowest BCUT2D eigenvalue weighted by atomic mass is 10.1. The number of hydrogen-bond donors (Lipinski definition) is 1. The van der Waals surface area contributed by atoms with Crippen LogP contribution in [0.5, 0.6) is 0 Å². The maximum Gasteiger partial charge on any atom is 0.303 e. The van der Waals surface area contributed by atoms with Crippen molar-refractivity contribution < 1.29 is 14.7 Å². The number of rotatable bonds is 13. The first-order chi connectivity index (χ1) is 9.66.